The molecule has 0 amide bonds. The molecule has 0 radical (unpaired) electrons. The van der Waals surface area contributed by atoms with Crippen molar-refractivity contribution >= 4 is 23.2 Å². The van der Waals surface area contributed by atoms with E-state index in [0.29, 0.717) is 11.1 Å². The average Bonchev–Trinajstić information content (AvgIpc) is 2.81. The van der Waals surface area contributed by atoms with E-state index in [4.69, 9.17) is 11.6 Å². The fraction of sp³-hybridized carbons (Fsp3) is 0.231. The van der Waals surface area contributed by atoms with Crippen molar-refractivity contribution < 1.29 is 4.39 Å². The monoisotopic (exact) mass is 263 g/mol. The van der Waals surface area contributed by atoms with Gasteiger partial charge in [0.1, 0.15) is 11.0 Å². The molecule has 1 N–H and O–H groups in total. The maximum absolute atomic E-state index is 12.8. The molecular formula is C13H11ClFN3. The second-order valence-corrected chi connectivity index (χ2v) is 4.61. The Hall–Kier alpha value is -1.68. The second kappa shape index (κ2) is 4.53. The molecule has 0 unspecified atom stereocenters. The van der Waals surface area contributed by atoms with Crippen LogP contribution in [-0.2, 0) is 12.8 Å². The summed E-state index contributed by atoms with van der Waals surface area (Å²) in [5.74, 6) is 0.195. The maximum atomic E-state index is 12.8. The fourth-order valence-electron chi connectivity index (χ4n) is 2.10. The van der Waals surface area contributed by atoms with E-state index in [1.165, 1.54) is 12.1 Å². The smallest absolute Gasteiger partial charge is 0.228 e. The number of anilines is 2. The van der Waals surface area contributed by atoms with Crippen molar-refractivity contribution in [3.05, 3.63) is 46.5 Å². The number of fused-ring (bicyclic) bond motifs is 1. The number of rotatable bonds is 2. The summed E-state index contributed by atoms with van der Waals surface area (Å²) in [4.78, 5) is 8.64. The molecule has 92 valence electrons. The summed E-state index contributed by atoms with van der Waals surface area (Å²) in [5.41, 5.74) is 2.81. The van der Waals surface area contributed by atoms with Crippen LogP contribution in [0.1, 0.15) is 17.7 Å². The van der Waals surface area contributed by atoms with E-state index >= 15 is 0 Å². The maximum Gasteiger partial charge on any atom is 0.228 e. The van der Waals surface area contributed by atoms with Crippen LogP contribution in [0.4, 0.5) is 16.0 Å². The zero-order valence-electron chi connectivity index (χ0n) is 9.58. The van der Waals surface area contributed by atoms with Gasteiger partial charge in [-0.3, -0.25) is 0 Å². The van der Waals surface area contributed by atoms with Gasteiger partial charge in [-0.2, -0.15) is 0 Å². The van der Waals surface area contributed by atoms with Gasteiger partial charge in [-0.15, -0.1) is 0 Å². The summed E-state index contributed by atoms with van der Waals surface area (Å²) in [5, 5.41) is 3.54. The van der Waals surface area contributed by atoms with E-state index in [2.05, 4.69) is 15.3 Å². The third-order valence-electron chi connectivity index (χ3n) is 2.98. The van der Waals surface area contributed by atoms with Crippen LogP contribution in [0.3, 0.4) is 0 Å². The van der Waals surface area contributed by atoms with Gasteiger partial charge in [0.25, 0.3) is 0 Å². The Balaban J connectivity index is 1.89. The van der Waals surface area contributed by atoms with Crippen LogP contribution >= 0.6 is 11.6 Å². The van der Waals surface area contributed by atoms with Crippen LogP contribution in [0, 0.1) is 5.82 Å². The number of nitrogens with one attached hydrogen (secondary N) is 1. The van der Waals surface area contributed by atoms with Gasteiger partial charge in [-0.05, 0) is 43.5 Å². The lowest BCUT2D eigenvalue weighted by molar-refractivity contribution is 0.628. The molecule has 0 fully saturated rings. The molecule has 0 bridgehead atoms. The van der Waals surface area contributed by atoms with Crippen LogP contribution in [0.25, 0.3) is 0 Å². The largest absolute Gasteiger partial charge is 0.324 e. The molecule has 1 aliphatic carbocycles. The van der Waals surface area contributed by atoms with E-state index in [0.717, 1.165) is 36.2 Å². The molecule has 5 heteroatoms. The highest BCUT2D eigenvalue weighted by molar-refractivity contribution is 6.30. The van der Waals surface area contributed by atoms with E-state index in [9.17, 15) is 4.39 Å². The molecule has 1 heterocycles. The highest BCUT2D eigenvalue weighted by atomic mass is 35.5. The average molecular weight is 264 g/mol. The van der Waals surface area contributed by atoms with E-state index in [-0.39, 0.29) is 5.82 Å². The lowest BCUT2D eigenvalue weighted by Gasteiger charge is -2.07. The lowest BCUT2D eigenvalue weighted by atomic mass is 10.3. The minimum atomic E-state index is -0.270. The van der Waals surface area contributed by atoms with Crippen LogP contribution in [0.2, 0.25) is 5.15 Å². The third-order valence-corrected chi connectivity index (χ3v) is 3.30. The van der Waals surface area contributed by atoms with Gasteiger partial charge in [0.05, 0.1) is 5.69 Å². The number of aryl methyl sites for hydroxylation is 1. The van der Waals surface area contributed by atoms with Crippen molar-refractivity contribution in [3.8, 4) is 0 Å². The predicted molar refractivity (Wildman–Crippen MR) is 68.7 cm³/mol. The molecule has 1 aromatic carbocycles. The second-order valence-electron chi connectivity index (χ2n) is 4.25. The molecule has 1 aliphatic rings. The van der Waals surface area contributed by atoms with Crippen molar-refractivity contribution in [1.82, 2.24) is 9.97 Å². The van der Waals surface area contributed by atoms with Crippen LogP contribution < -0.4 is 5.32 Å². The Kier molecular flexibility index (Phi) is 2.88. The van der Waals surface area contributed by atoms with Gasteiger partial charge < -0.3 is 5.32 Å². The Morgan fingerprint density at radius 2 is 1.89 bits per heavy atom. The van der Waals surface area contributed by atoms with Crippen LogP contribution in [0.5, 0.6) is 0 Å². The first-order chi connectivity index (χ1) is 8.72. The molecule has 0 aliphatic heterocycles. The molecule has 3 rings (SSSR count). The number of nitrogens with zero attached hydrogens (tertiary/aromatic N) is 2. The molecule has 0 atom stereocenters. The first-order valence-electron chi connectivity index (χ1n) is 5.80. The zero-order valence-corrected chi connectivity index (χ0v) is 10.3. The topological polar surface area (TPSA) is 37.8 Å². The van der Waals surface area contributed by atoms with Gasteiger partial charge in [-0.1, -0.05) is 11.6 Å². The van der Waals surface area contributed by atoms with Crippen molar-refractivity contribution in [2.24, 2.45) is 0 Å². The summed E-state index contributed by atoms with van der Waals surface area (Å²) >= 11 is 6.12. The summed E-state index contributed by atoms with van der Waals surface area (Å²) in [6.07, 6.45) is 2.96. The number of hydrogen-bond acceptors (Lipinski definition) is 3. The minimum absolute atomic E-state index is 0.270. The Bertz CT molecular complexity index is 584. The molecule has 2 aromatic rings. The van der Waals surface area contributed by atoms with E-state index in [1.807, 2.05) is 0 Å². The molecule has 0 saturated heterocycles. The molecule has 0 spiro atoms. The highest BCUT2D eigenvalue weighted by Gasteiger charge is 2.18. The van der Waals surface area contributed by atoms with Crippen molar-refractivity contribution in [3.63, 3.8) is 0 Å². The van der Waals surface area contributed by atoms with E-state index < -0.39 is 0 Å². The van der Waals surface area contributed by atoms with Gasteiger partial charge in [0.2, 0.25) is 5.95 Å². The van der Waals surface area contributed by atoms with Crippen molar-refractivity contribution in [2.75, 3.05) is 5.32 Å². The SMILES string of the molecule is Fc1ccc(Nc2nc(Cl)c3c(n2)CCC3)cc1. The van der Waals surface area contributed by atoms with Crippen LogP contribution in [-0.4, -0.2) is 9.97 Å². The summed E-state index contributed by atoms with van der Waals surface area (Å²) < 4.78 is 12.8. The number of aromatic nitrogens is 2. The summed E-state index contributed by atoms with van der Waals surface area (Å²) in [7, 11) is 0. The van der Waals surface area contributed by atoms with Crippen LogP contribution in [0.15, 0.2) is 24.3 Å². The Labute approximate surface area is 109 Å². The Morgan fingerprint density at radius 1 is 1.11 bits per heavy atom. The van der Waals surface area contributed by atoms with E-state index in [1.54, 1.807) is 12.1 Å². The predicted octanol–water partition coefficient (Wildman–Crippen LogP) is 3.50. The minimum Gasteiger partial charge on any atom is -0.324 e. The molecule has 1 aromatic heterocycles. The number of hydrogen-bond donors (Lipinski definition) is 1. The quantitative estimate of drug-likeness (QED) is 0.843. The van der Waals surface area contributed by atoms with Gasteiger partial charge in [-0.25, -0.2) is 14.4 Å². The van der Waals surface area contributed by atoms with Gasteiger partial charge >= 0.3 is 0 Å². The molecular weight excluding hydrogens is 253 g/mol. The molecule has 18 heavy (non-hydrogen) atoms. The fourth-order valence-corrected chi connectivity index (χ4v) is 2.39. The normalized spacial score (nSPS) is 13.4. The summed E-state index contributed by atoms with van der Waals surface area (Å²) in [6, 6.07) is 6.05. The van der Waals surface area contributed by atoms with Gasteiger partial charge in [0.15, 0.2) is 0 Å². The first kappa shape index (κ1) is 11.4. The molecule has 0 saturated carbocycles. The highest BCUT2D eigenvalue weighted by Crippen LogP contribution is 2.27. The van der Waals surface area contributed by atoms with Gasteiger partial charge in [0, 0.05) is 11.3 Å². The lowest BCUT2D eigenvalue weighted by Crippen LogP contribution is -2.01. The first-order valence-corrected chi connectivity index (χ1v) is 6.18. The standard InChI is InChI=1S/C13H11ClFN3/c14-12-10-2-1-3-11(10)17-13(18-12)16-9-6-4-8(15)5-7-9/h4-7H,1-3H2,(H,16,17,18). The van der Waals surface area contributed by atoms with Crippen molar-refractivity contribution in [1.29, 1.82) is 0 Å². The van der Waals surface area contributed by atoms with Crippen molar-refractivity contribution in [2.45, 2.75) is 19.3 Å². The Morgan fingerprint density at radius 3 is 2.67 bits per heavy atom. The third kappa shape index (κ3) is 2.16. The zero-order chi connectivity index (χ0) is 12.5. The summed E-state index contributed by atoms with van der Waals surface area (Å²) in [6.45, 7) is 0. The number of halogens is 2. The number of benzene rings is 1. The molecule has 3 nitrogen and oxygen atoms in total.